The Labute approximate surface area is 116 Å². The number of piperidine rings is 1. The van der Waals surface area contributed by atoms with Gasteiger partial charge in [0.1, 0.15) is 0 Å². The minimum atomic E-state index is -0.333. The molecule has 5 heteroatoms. The normalized spacial score (nSPS) is 18.6. The highest BCUT2D eigenvalue weighted by atomic mass is 16.5. The average Bonchev–Trinajstić information content (AvgIpc) is 2.44. The van der Waals surface area contributed by atoms with Crippen molar-refractivity contribution in [2.75, 3.05) is 32.9 Å². The molecule has 0 aromatic rings. The lowest BCUT2D eigenvalue weighted by Gasteiger charge is -2.33. The number of rotatable bonds is 8. The Hall–Kier alpha value is -0.650. The molecule has 0 aromatic carbocycles. The van der Waals surface area contributed by atoms with Crippen molar-refractivity contribution in [2.45, 2.75) is 51.7 Å². The fraction of sp³-hybridized carbons (Fsp3) is 0.929. The topological polar surface area (TPSA) is 64.8 Å². The highest BCUT2D eigenvalue weighted by molar-refractivity contribution is 5.81. The predicted molar refractivity (Wildman–Crippen MR) is 74.9 cm³/mol. The first kappa shape index (κ1) is 16.4. The standard InChI is InChI=1S/C14H28N2O3/c1-3-5-13(15)14(17)16-8-6-12(7-9-16)19-11-10-18-4-2/h12-13H,3-11,15H2,1-2H3. The van der Waals surface area contributed by atoms with Gasteiger partial charge in [0.15, 0.2) is 0 Å². The second-order valence-corrected chi connectivity index (χ2v) is 4.99. The Morgan fingerprint density at radius 3 is 2.58 bits per heavy atom. The molecular weight excluding hydrogens is 244 g/mol. The average molecular weight is 272 g/mol. The molecule has 0 saturated carbocycles. The van der Waals surface area contributed by atoms with E-state index >= 15 is 0 Å². The van der Waals surface area contributed by atoms with Crippen LogP contribution in [0.4, 0.5) is 0 Å². The summed E-state index contributed by atoms with van der Waals surface area (Å²) in [6.07, 6.45) is 3.77. The Bertz CT molecular complexity index is 253. The van der Waals surface area contributed by atoms with E-state index in [0.29, 0.717) is 13.2 Å². The van der Waals surface area contributed by atoms with Gasteiger partial charge < -0.3 is 20.1 Å². The summed E-state index contributed by atoms with van der Waals surface area (Å²) in [6.45, 7) is 7.56. The van der Waals surface area contributed by atoms with Crippen LogP contribution in [0.3, 0.4) is 0 Å². The minimum absolute atomic E-state index is 0.0922. The van der Waals surface area contributed by atoms with Crippen molar-refractivity contribution in [1.29, 1.82) is 0 Å². The van der Waals surface area contributed by atoms with Crippen LogP contribution in [0.25, 0.3) is 0 Å². The van der Waals surface area contributed by atoms with Crippen LogP contribution in [0.15, 0.2) is 0 Å². The number of nitrogens with two attached hydrogens (primary N) is 1. The molecule has 1 aliphatic rings. The number of hydrogen-bond acceptors (Lipinski definition) is 4. The molecule has 1 atom stereocenters. The zero-order chi connectivity index (χ0) is 14.1. The molecule has 0 aliphatic carbocycles. The molecule has 0 aromatic heterocycles. The summed E-state index contributed by atoms with van der Waals surface area (Å²) in [7, 11) is 0. The molecule has 1 aliphatic heterocycles. The van der Waals surface area contributed by atoms with Gasteiger partial charge in [-0.1, -0.05) is 13.3 Å². The van der Waals surface area contributed by atoms with E-state index in [2.05, 4.69) is 0 Å². The van der Waals surface area contributed by atoms with Crippen LogP contribution >= 0.6 is 0 Å². The van der Waals surface area contributed by atoms with Gasteiger partial charge in [0.25, 0.3) is 0 Å². The summed E-state index contributed by atoms with van der Waals surface area (Å²) in [5.74, 6) is 0.0922. The third kappa shape index (κ3) is 5.89. The minimum Gasteiger partial charge on any atom is -0.379 e. The predicted octanol–water partition coefficient (Wildman–Crippen LogP) is 1.16. The van der Waals surface area contributed by atoms with Gasteiger partial charge in [-0.2, -0.15) is 0 Å². The Balaban J connectivity index is 2.19. The van der Waals surface area contributed by atoms with Gasteiger partial charge in [0.05, 0.1) is 25.4 Å². The van der Waals surface area contributed by atoms with Gasteiger partial charge in [0, 0.05) is 19.7 Å². The van der Waals surface area contributed by atoms with E-state index in [-0.39, 0.29) is 18.1 Å². The molecule has 2 N–H and O–H groups in total. The quantitative estimate of drug-likeness (QED) is 0.673. The molecule has 1 rings (SSSR count). The molecule has 112 valence electrons. The van der Waals surface area contributed by atoms with Gasteiger partial charge in [-0.05, 0) is 26.2 Å². The van der Waals surface area contributed by atoms with Crippen molar-refractivity contribution in [1.82, 2.24) is 4.90 Å². The number of carbonyl (C=O) groups is 1. The van der Waals surface area contributed by atoms with Crippen LogP contribution in [0.1, 0.15) is 39.5 Å². The molecule has 1 unspecified atom stereocenters. The van der Waals surface area contributed by atoms with Crippen molar-refractivity contribution >= 4 is 5.91 Å². The number of amides is 1. The molecule has 1 fully saturated rings. The van der Waals surface area contributed by atoms with Crippen molar-refractivity contribution in [2.24, 2.45) is 5.73 Å². The van der Waals surface area contributed by atoms with Crippen LogP contribution < -0.4 is 5.73 Å². The molecule has 1 heterocycles. The summed E-state index contributed by atoms with van der Waals surface area (Å²) in [4.78, 5) is 13.9. The molecule has 19 heavy (non-hydrogen) atoms. The van der Waals surface area contributed by atoms with E-state index < -0.39 is 0 Å². The Morgan fingerprint density at radius 2 is 2.00 bits per heavy atom. The van der Waals surface area contributed by atoms with Crippen LogP contribution in [-0.4, -0.2) is 55.9 Å². The number of likely N-dealkylation sites (tertiary alicyclic amines) is 1. The second kappa shape index (κ2) is 9.28. The lowest BCUT2D eigenvalue weighted by molar-refractivity contribution is -0.135. The highest BCUT2D eigenvalue weighted by Crippen LogP contribution is 2.15. The number of carbonyl (C=O) groups excluding carboxylic acids is 1. The van der Waals surface area contributed by atoms with Gasteiger partial charge >= 0.3 is 0 Å². The van der Waals surface area contributed by atoms with Crippen molar-refractivity contribution < 1.29 is 14.3 Å². The number of nitrogens with zero attached hydrogens (tertiary/aromatic N) is 1. The molecule has 1 saturated heterocycles. The third-order valence-corrected chi connectivity index (χ3v) is 3.46. The molecule has 0 bridgehead atoms. The SMILES string of the molecule is CCCC(N)C(=O)N1CCC(OCCOCC)CC1. The monoisotopic (exact) mass is 272 g/mol. The van der Waals surface area contributed by atoms with E-state index in [9.17, 15) is 4.79 Å². The van der Waals surface area contributed by atoms with Crippen molar-refractivity contribution in [3.63, 3.8) is 0 Å². The lowest BCUT2D eigenvalue weighted by atomic mass is 10.1. The molecule has 1 amide bonds. The van der Waals surface area contributed by atoms with Gasteiger partial charge in [-0.15, -0.1) is 0 Å². The van der Waals surface area contributed by atoms with E-state index in [4.69, 9.17) is 15.2 Å². The number of hydrogen-bond donors (Lipinski definition) is 1. The van der Waals surface area contributed by atoms with Crippen molar-refractivity contribution in [3.8, 4) is 0 Å². The summed E-state index contributed by atoms with van der Waals surface area (Å²) >= 11 is 0. The first-order valence-electron chi connectivity index (χ1n) is 7.42. The zero-order valence-corrected chi connectivity index (χ0v) is 12.3. The summed E-state index contributed by atoms with van der Waals surface area (Å²) in [5.41, 5.74) is 5.87. The van der Waals surface area contributed by atoms with Crippen LogP contribution in [0.5, 0.6) is 0 Å². The largest absolute Gasteiger partial charge is 0.379 e. The molecule has 5 nitrogen and oxygen atoms in total. The van der Waals surface area contributed by atoms with Crippen molar-refractivity contribution in [3.05, 3.63) is 0 Å². The summed E-state index contributed by atoms with van der Waals surface area (Å²) in [5, 5.41) is 0. The maximum absolute atomic E-state index is 12.0. The maximum Gasteiger partial charge on any atom is 0.239 e. The third-order valence-electron chi connectivity index (χ3n) is 3.46. The van der Waals surface area contributed by atoms with E-state index in [1.54, 1.807) is 0 Å². The summed E-state index contributed by atoms with van der Waals surface area (Å²) in [6, 6.07) is -0.333. The van der Waals surface area contributed by atoms with E-state index in [1.165, 1.54) is 0 Å². The molecular formula is C14H28N2O3. The van der Waals surface area contributed by atoms with Gasteiger partial charge in [-0.25, -0.2) is 0 Å². The Morgan fingerprint density at radius 1 is 1.32 bits per heavy atom. The summed E-state index contributed by atoms with van der Waals surface area (Å²) < 4.78 is 11.0. The molecule has 0 radical (unpaired) electrons. The number of ether oxygens (including phenoxy) is 2. The zero-order valence-electron chi connectivity index (χ0n) is 12.3. The molecule has 0 spiro atoms. The fourth-order valence-corrected chi connectivity index (χ4v) is 2.33. The van der Waals surface area contributed by atoms with Crippen LogP contribution in [0.2, 0.25) is 0 Å². The van der Waals surface area contributed by atoms with Gasteiger partial charge in [0.2, 0.25) is 5.91 Å². The van der Waals surface area contributed by atoms with E-state index in [0.717, 1.165) is 45.4 Å². The fourth-order valence-electron chi connectivity index (χ4n) is 2.33. The highest BCUT2D eigenvalue weighted by Gasteiger charge is 2.26. The van der Waals surface area contributed by atoms with Gasteiger partial charge in [-0.3, -0.25) is 4.79 Å². The van der Waals surface area contributed by atoms with Crippen LogP contribution in [-0.2, 0) is 14.3 Å². The first-order valence-corrected chi connectivity index (χ1v) is 7.42. The Kier molecular flexibility index (Phi) is 8.02. The van der Waals surface area contributed by atoms with Crippen LogP contribution in [0, 0.1) is 0 Å². The smallest absolute Gasteiger partial charge is 0.239 e. The maximum atomic E-state index is 12.0. The lowest BCUT2D eigenvalue weighted by Crippen LogP contribution is -2.48. The van der Waals surface area contributed by atoms with E-state index in [1.807, 2.05) is 18.7 Å². The first-order chi connectivity index (χ1) is 9.19. The second-order valence-electron chi connectivity index (χ2n) is 4.99.